The molecule has 0 unspecified atom stereocenters. The van der Waals surface area contributed by atoms with Crippen molar-refractivity contribution in [1.29, 1.82) is 0 Å². The van der Waals surface area contributed by atoms with E-state index in [1.807, 2.05) is 18.2 Å². The third kappa shape index (κ3) is 5.96. The van der Waals surface area contributed by atoms with E-state index in [2.05, 4.69) is 194 Å². The molecule has 0 atom stereocenters. The molecular formula is C57H35N3O. The van der Waals surface area contributed by atoms with E-state index in [9.17, 15) is 0 Å². The molecule has 4 heteroatoms. The van der Waals surface area contributed by atoms with Gasteiger partial charge in [0.25, 0.3) is 0 Å². The van der Waals surface area contributed by atoms with Crippen molar-refractivity contribution < 1.29 is 4.42 Å². The molecule has 0 radical (unpaired) electrons. The van der Waals surface area contributed by atoms with Crippen LogP contribution in [0.1, 0.15) is 0 Å². The molecule has 0 bridgehead atoms. The molecule has 0 spiro atoms. The monoisotopic (exact) mass is 777 g/mol. The lowest BCUT2D eigenvalue weighted by Crippen LogP contribution is -1.95. The lowest BCUT2D eigenvalue weighted by atomic mass is 9.89. The fraction of sp³-hybridized carbons (Fsp3) is 0. The molecule has 0 saturated carbocycles. The average molecular weight is 778 g/mol. The number of aromatic nitrogens is 3. The summed E-state index contributed by atoms with van der Waals surface area (Å²) in [5, 5.41) is 6.61. The maximum atomic E-state index is 6.58. The van der Waals surface area contributed by atoms with Gasteiger partial charge in [-0.3, -0.25) is 0 Å². The van der Waals surface area contributed by atoms with Crippen LogP contribution in [0.4, 0.5) is 0 Å². The van der Waals surface area contributed by atoms with Crippen molar-refractivity contribution in [2.45, 2.75) is 0 Å². The predicted molar refractivity (Wildman–Crippen MR) is 252 cm³/mol. The molecular weight excluding hydrogens is 743 g/mol. The quantitative estimate of drug-likeness (QED) is 0.158. The normalized spacial score (nSPS) is 11.6. The Hall–Kier alpha value is -8.21. The molecule has 0 aliphatic rings. The molecule has 0 N–H and O–H groups in total. The molecule has 3 heterocycles. The second kappa shape index (κ2) is 14.3. The summed E-state index contributed by atoms with van der Waals surface area (Å²) in [7, 11) is 0. The van der Waals surface area contributed by atoms with Crippen LogP contribution in [-0.4, -0.2) is 15.0 Å². The van der Waals surface area contributed by atoms with Gasteiger partial charge in [0.15, 0.2) is 5.82 Å². The van der Waals surface area contributed by atoms with Crippen molar-refractivity contribution in [2.75, 3.05) is 0 Å². The first-order chi connectivity index (χ1) is 30.2. The van der Waals surface area contributed by atoms with E-state index in [4.69, 9.17) is 19.4 Å². The molecule has 0 saturated heterocycles. The molecule has 0 fully saturated rings. The number of hydrogen-bond donors (Lipinski definition) is 0. The van der Waals surface area contributed by atoms with E-state index in [1.165, 1.54) is 10.9 Å². The maximum absolute atomic E-state index is 6.58. The smallest absolute Gasteiger partial charge is 0.160 e. The number of hydrogen-bond acceptors (Lipinski definition) is 4. The molecule has 12 aromatic rings. The van der Waals surface area contributed by atoms with Gasteiger partial charge in [-0.25, -0.2) is 15.0 Å². The molecule has 61 heavy (non-hydrogen) atoms. The van der Waals surface area contributed by atoms with Crippen LogP contribution in [0.3, 0.4) is 0 Å². The van der Waals surface area contributed by atoms with Crippen molar-refractivity contribution in [3.63, 3.8) is 0 Å². The summed E-state index contributed by atoms with van der Waals surface area (Å²) in [4.78, 5) is 15.6. The highest BCUT2D eigenvalue weighted by atomic mass is 16.3. The minimum Gasteiger partial charge on any atom is -0.456 e. The van der Waals surface area contributed by atoms with Gasteiger partial charge in [0.2, 0.25) is 0 Å². The zero-order chi connectivity index (χ0) is 40.3. The number of para-hydroxylation sites is 3. The van der Waals surface area contributed by atoms with Gasteiger partial charge in [0.1, 0.15) is 11.2 Å². The number of nitrogens with zero attached hydrogens (tertiary/aromatic N) is 3. The van der Waals surface area contributed by atoms with Crippen molar-refractivity contribution in [3.05, 3.63) is 212 Å². The highest BCUT2D eigenvalue weighted by molar-refractivity contribution is 6.27. The van der Waals surface area contributed by atoms with Crippen LogP contribution in [0.25, 0.3) is 122 Å². The SMILES string of the molecule is c1ccc(-c2cccc(-c3nc(-c4ccc(-c5ccc(-c6nc7ccccc7c7c(-c8ccccc8)c8c(cc67)oc6ccccc68)cc5)cc4)nc4ccccc34)c2)cc1. The zero-order valence-corrected chi connectivity index (χ0v) is 33.0. The molecule has 0 aliphatic carbocycles. The summed E-state index contributed by atoms with van der Waals surface area (Å²) in [5.74, 6) is 0.698. The zero-order valence-electron chi connectivity index (χ0n) is 33.0. The van der Waals surface area contributed by atoms with Gasteiger partial charge in [0.05, 0.1) is 22.4 Å². The highest BCUT2D eigenvalue weighted by Gasteiger charge is 2.22. The summed E-state index contributed by atoms with van der Waals surface area (Å²) < 4.78 is 6.58. The predicted octanol–water partition coefficient (Wildman–Crippen LogP) is 15.2. The number of pyridine rings is 1. The highest BCUT2D eigenvalue weighted by Crippen LogP contribution is 2.46. The van der Waals surface area contributed by atoms with Gasteiger partial charge >= 0.3 is 0 Å². The van der Waals surface area contributed by atoms with Gasteiger partial charge < -0.3 is 4.42 Å². The molecule has 9 aromatic carbocycles. The first kappa shape index (κ1) is 34.8. The van der Waals surface area contributed by atoms with Gasteiger partial charge in [-0.15, -0.1) is 0 Å². The molecule has 3 aromatic heterocycles. The fourth-order valence-corrected chi connectivity index (χ4v) is 8.96. The number of benzene rings is 9. The molecule has 4 nitrogen and oxygen atoms in total. The van der Waals surface area contributed by atoms with E-state index >= 15 is 0 Å². The van der Waals surface area contributed by atoms with Gasteiger partial charge in [-0.1, -0.05) is 182 Å². The van der Waals surface area contributed by atoms with Crippen molar-refractivity contribution >= 4 is 54.5 Å². The Bertz CT molecular complexity index is 3610. The van der Waals surface area contributed by atoms with Crippen LogP contribution in [0.2, 0.25) is 0 Å². The Morgan fingerprint density at radius 1 is 0.279 bits per heavy atom. The van der Waals surface area contributed by atoms with Crippen LogP contribution in [0, 0.1) is 0 Å². The summed E-state index contributed by atoms with van der Waals surface area (Å²) in [5.41, 5.74) is 15.4. The summed E-state index contributed by atoms with van der Waals surface area (Å²) in [6.45, 7) is 0. The average Bonchev–Trinajstić information content (AvgIpc) is 3.71. The second-order valence-electron chi connectivity index (χ2n) is 15.5. The first-order valence-corrected chi connectivity index (χ1v) is 20.6. The Kier molecular flexibility index (Phi) is 8.13. The van der Waals surface area contributed by atoms with Crippen molar-refractivity contribution in [1.82, 2.24) is 15.0 Å². The summed E-state index contributed by atoms with van der Waals surface area (Å²) in [6, 6.07) is 74.3. The Balaban J connectivity index is 0.941. The number of rotatable bonds is 6. The lowest BCUT2D eigenvalue weighted by molar-refractivity contribution is 0.669. The fourth-order valence-electron chi connectivity index (χ4n) is 8.96. The van der Waals surface area contributed by atoms with Crippen LogP contribution in [-0.2, 0) is 0 Å². The van der Waals surface area contributed by atoms with E-state index in [1.54, 1.807) is 0 Å². The Morgan fingerprint density at radius 3 is 1.54 bits per heavy atom. The van der Waals surface area contributed by atoms with E-state index in [0.29, 0.717) is 5.82 Å². The van der Waals surface area contributed by atoms with Crippen LogP contribution < -0.4 is 0 Å². The number of fused-ring (bicyclic) bond motifs is 7. The van der Waals surface area contributed by atoms with Gasteiger partial charge in [0, 0.05) is 54.6 Å². The summed E-state index contributed by atoms with van der Waals surface area (Å²) >= 11 is 0. The molecule has 0 amide bonds. The van der Waals surface area contributed by atoms with Crippen LogP contribution >= 0.6 is 0 Å². The van der Waals surface area contributed by atoms with E-state index in [-0.39, 0.29) is 0 Å². The molecule has 12 rings (SSSR count). The third-order valence-electron chi connectivity index (χ3n) is 11.9. The van der Waals surface area contributed by atoms with Crippen LogP contribution in [0.5, 0.6) is 0 Å². The second-order valence-corrected chi connectivity index (χ2v) is 15.5. The minimum absolute atomic E-state index is 0.698. The van der Waals surface area contributed by atoms with Crippen LogP contribution in [0.15, 0.2) is 217 Å². The largest absolute Gasteiger partial charge is 0.456 e. The first-order valence-electron chi connectivity index (χ1n) is 20.6. The Labute approximate surface area is 352 Å². The van der Waals surface area contributed by atoms with Crippen molar-refractivity contribution in [2.24, 2.45) is 0 Å². The third-order valence-corrected chi connectivity index (χ3v) is 11.9. The molecule has 284 valence electrons. The van der Waals surface area contributed by atoms with Crippen molar-refractivity contribution in [3.8, 4) is 67.3 Å². The summed E-state index contributed by atoms with van der Waals surface area (Å²) in [6.07, 6.45) is 0. The molecule has 0 aliphatic heterocycles. The minimum atomic E-state index is 0.698. The number of furan rings is 1. The van der Waals surface area contributed by atoms with E-state index < -0.39 is 0 Å². The van der Waals surface area contributed by atoms with Gasteiger partial charge in [-0.05, 0) is 58.1 Å². The topological polar surface area (TPSA) is 51.8 Å². The standard InChI is InChI=1S/C57H35N3O/c1-3-14-36(15-4-1)42-18-13-19-43(34-42)56-45-21-8-11-24-49(45)59-57(60-56)41-32-28-38(29-33-41)37-26-30-40(31-27-37)55-47-35-51-54(46-22-9-12-25-50(46)61-51)52(39-16-5-2-6-17-39)53(47)44-20-7-10-23-48(44)58-55/h1-35H. The van der Waals surface area contributed by atoms with E-state index in [0.717, 1.165) is 105 Å². The van der Waals surface area contributed by atoms with Gasteiger partial charge in [-0.2, -0.15) is 0 Å². The maximum Gasteiger partial charge on any atom is 0.160 e. The lowest BCUT2D eigenvalue weighted by Gasteiger charge is -2.16. The Morgan fingerprint density at radius 2 is 0.803 bits per heavy atom.